The largest absolute Gasteiger partial charge is 0.492 e. The molecule has 3 aromatic heterocycles. The van der Waals surface area contributed by atoms with Gasteiger partial charge in [-0.1, -0.05) is 0 Å². The van der Waals surface area contributed by atoms with Gasteiger partial charge in [0.15, 0.2) is 15.4 Å². The van der Waals surface area contributed by atoms with Crippen LogP contribution < -0.4 is 4.74 Å². The van der Waals surface area contributed by atoms with E-state index in [4.69, 9.17) is 9.15 Å². The van der Waals surface area contributed by atoms with Crippen molar-refractivity contribution >= 4 is 20.9 Å². The van der Waals surface area contributed by atoms with Gasteiger partial charge in [0.1, 0.15) is 23.6 Å². The van der Waals surface area contributed by atoms with Gasteiger partial charge in [-0.25, -0.2) is 8.42 Å². The van der Waals surface area contributed by atoms with Crippen LogP contribution in [0.25, 0.3) is 33.6 Å². The number of hydrogen-bond acceptors (Lipinski definition) is 7. The number of aromatic nitrogens is 2. The summed E-state index contributed by atoms with van der Waals surface area (Å²) in [5.74, 6) is 1.51. The second-order valence-corrected chi connectivity index (χ2v) is 10.3. The SMILES string of the molecule is CS(=O)(=O)c1cncc(-c2ccnc3cc(-c4ccc(OCCN5CCCC5)cc4)oc23)c1. The lowest BCUT2D eigenvalue weighted by molar-refractivity contribution is 0.238. The molecule has 0 aliphatic carbocycles. The Kier molecular flexibility index (Phi) is 5.86. The molecule has 33 heavy (non-hydrogen) atoms. The monoisotopic (exact) mass is 463 g/mol. The molecule has 0 atom stereocenters. The van der Waals surface area contributed by atoms with E-state index in [1.54, 1.807) is 24.5 Å². The third-order valence-corrected chi connectivity index (χ3v) is 6.96. The maximum Gasteiger partial charge on any atom is 0.177 e. The Balaban J connectivity index is 1.38. The smallest absolute Gasteiger partial charge is 0.177 e. The fourth-order valence-electron chi connectivity index (χ4n) is 4.09. The summed E-state index contributed by atoms with van der Waals surface area (Å²) in [7, 11) is -3.36. The quantitative estimate of drug-likeness (QED) is 0.401. The summed E-state index contributed by atoms with van der Waals surface area (Å²) >= 11 is 0. The number of rotatable bonds is 7. The van der Waals surface area contributed by atoms with E-state index in [-0.39, 0.29) is 4.90 Å². The van der Waals surface area contributed by atoms with E-state index in [9.17, 15) is 8.42 Å². The summed E-state index contributed by atoms with van der Waals surface area (Å²) in [6.07, 6.45) is 8.38. The predicted molar refractivity (Wildman–Crippen MR) is 127 cm³/mol. The average Bonchev–Trinajstić information content (AvgIpc) is 3.49. The molecule has 0 spiro atoms. The molecule has 0 radical (unpaired) electrons. The number of likely N-dealkylation sites (tertiary alicyclic amines) is 1. The zero-order valence-electron chi connectivity index (χ0n) is 18.4. The van der Waals surface area contributed by atoms with Gasteiger partial charge in [-0.2, -0.15) is 0 Å². The van der Waals surface area contributed by atoms with Crippen LogP contribution in [0.1, 0.15) is 12.8 Å². The summed E-state index contributed by atoms with van der Waals surface area (Å²) in [6.45, 7) is 3.96. The zero-order chi connectivity index (χ0) is 22.8. The highest BCUT2D eigenvalue weighted by atomic mass is 32.2. The summed E-state index contributed by atoms with van der Waals surface area (Å²) < 4.78 is 35.9. The highest BCUT2D eigenvalue weighted by Gasteiger charge is 2.15. The van der Waals surface area contributed by atoms with E-state index >= 15 is 0 Å². The first-order chi connectivity index (χ1) is 16.0. The van der Waals surface area contributed by atoms with Crippen LogP contribution in [-0.4, -0.2) is 55.8 Å². The number of furan rings is 1. The lowest BCUT2D eigenvalue weighted by Gasteiger charge is -2.14. The van der Waals surface area contributed by atoms with E-state index in [2.05, 4.69) is 14.9 Å². The Labute approximate surface area is 193 Å². The summed E-state index contributed by atoms with van der Waals surface area (Å²) in [4.78, 5) is 11.1. The van der Waals surface area contributed by atoms with E-state index in [0.29, 0.717) is 29.0 Å². The highest BCUT2D eigenvalue weighted by Crippen LogP contribution is 2.34. The number of benzene rings is 1. The molecule has 0 amide bonds. The molecule has 170 valence electrons. The zero-order valence-corrected chi connectivity index (χ0v) is 19.2. The Morgan fingerprint density at radius 3 is 2.58 bits per heavy atom. The minimum absolute atomic E-state index is 0.164. The molecular weight excluding hydrogens is 438 g/mol. The number of ether oxygens (including phenoxy) is 1. The van der Waals surface area contributed by atoms with Crippen LogP contribution in [0.15, 0.2) is 70.4 Å². The van der Waals surface area contributed by atoms with Crippen molar-refractivity contribution in [2.75, 3.05) is 32.5 Å². The fourth-order valence-corrected chi connectivity index (χ4v) is 4.68. The Morgan fingerprint density at radius 1 is 1.03 bits per heavy atom. The molecule has 5 rings (SSSR count). The molecule has 1 saturated heterocycles. The lowest BCUT2D eigenvalue weighted by Crippen LogP contribution is -2.25. The van der Waals surface area contributed by atoms with Crippen LogP contribution >= 0.6 is 0 Å². The van der Waals surface area contributed by atoms with Crippen LogP contribution in [0.3, 0.4) is 0 Å². The molecule has 8 heteroatoms. The number of sulfone groups is 1. The Morgan fingerprint density at radius 2 is 1.82 bits per heavy atom. The first-order valence-corrected chi connectivity index (χ1v) is 12.9. The van der Waals surface area contributed by atoms with Crippen LogP contribution in [-0.2, 0) is 9.84 Å². The molecule has 1 aromatic carbocycles. The van der Waals surface area contributed by atoms with Crippen molar-refractivity contribution in [3.05, 3.63) is 61.1 Å². The number of hydrogen-bond donors (Lipinski definition) is 0. The van der Waals surface area contributed by atoms with Gasteiger partial charge in [0.2, 0.25) is 0 Å². The highest BCUT2D eigenvalue weighted by molar-refractivity contribution is 7.90. The Bertz CT molecular complexity index is 1370. The predicted octanol–water partition coefficient (Wildman–Crippen LogP) is 4.43. The minimum atomic E-state index is -3.36. The lowest BCUT2D eigenvalue weighted by atomic mass is 10.1. The summed E-state index contributed by atoms with van der Waals surface area (Å²) in [5.41, 5.74) is 3.59. The average molecular weight is 464 g/mol. The molecule has 0 saturated carbocycles. The second kappa shape index (κ2) is 8.96. The minimum Gasteiger partial charge on any atom is -0.492 e. The summed E-state index contributed by atoms with van der Waals surface area (Å²) in [6, 6.07) is 13.1. The normalized spacial score (nSPS) is 14.7. The van der Waals surface area contributed by atoms with Gasteiger partial charge in [-0.3, -0.25) is 14.9 Å². The fraction of sp³-hybridized carbons (Fsp3) is 0.280. The number of pyridine rings is 2. The van der Waals surface area contributed by atoms with Crippen LogP contribution in [0.5, 0.6) is 5.75 Å². The van der Waals surface area contributed by atoms with Crippen molar-refractivity contribution in [3.63, 3.8) is 0 Å². The van der Waals surface area contributed by atoms with Crippen LogP contribution in [0, 0.1) is 0 Å². The molecule has 7 nitrogen and oxygen atoms in total. The molecular formula is C25H25N3O4S. The molecule has 0 bridgehead atoms. The molecule has 1 aliphatic heterocycles. The van der Waals surface area contributed by atoms with Crippen molar-refractivity contribution in [2.45, 2.75) is 17.7 Å². The first-order valence-electron chi connectivity index (χ1n) is 11.0. The van der Waals surface area contributed by atoms with Crippen molar-refractivity contribution in [2.24, 2.45) is 0 Å². The van der Waals surface area contributed by atoms with E-state index in [1.165, 1.54) is 38.4 Å². The molecule has 1 aliphatic rings. The first kappa shape index (κ1) is 21.6. The van der Waals surface area contributed by atoms with Crippen molar-refractivity contribution in [1.29, 1.82) is 0 Å². The van der Waals surface area contributed by atoms with Gasteiger partial charge in [0.05, 0.1) is 4.90 Å². The Hall–Kier alpha value is -3.23. The van der Waals surface area contributed by atoms with Gasteiger partial charge < -0.3 is 9.15 Å². The van der Waals surface area contributed by atoms with Gasteiger partial charge >= 0.3 is 0 Å². The molecule has 4 heterocycles. The molecule has 0 unspecified atom stereocenters. The van der Waals surface area contributed by atoms with Gasteiger partial charge in [0, 0.05) is 54.1 Å². The second-order valence-electron chi connectivity index (χ2n) is 8.29. The molecule has 1 fully saturated rings. The maximum absolute atomic E-state index is 11.9. The van der Waals surface area contributed by atoms with Gasteiger partial charge in [-0.15, -0.1) is 0 Å². The third-order valence-electron chi connectivity index (χ3n) is 5.88. The van der Waals surface area contributed by atoms with Crippen molar-refractivity contribution in [1.82, 2.24) is 14.9 Å². The van der Waals surface area contributed by atoms with Crippen molar-refractivity contribution < 1.29 is 17.6 Å². The van der Waals surface area contributed by atoms with E-state index in [0.717, 1.165) is 23.4 Å². The van der Waals surface area contributed by atoms with Crippen molar-refractivity contribution in [3.8, 4) is 28.2 Å². The topological polar surface area (TPSA) is 85.5 Å². The molecule has 4 aromatic rings. The van der Waals surface area contributed by atoms with E-state index in [1.807, 2.05) is 30.3 Å². The third kappa shape index (κ3) is 4.77. The van der Waals surface area contributed by atoms with Gasteiger partial charge in [-0.05, 0) is 62.3 Å². The van der Waals surface area contributed by atoms with Gasteiger partial charge in [0.25, 0.3) is 0 Å². The van der Waals surface area contributed by atoms with Crippen LogP contribution in [0.2, 0.25) is 0 Å². The standard InChI is InChI=1S/C25H25N3O4S/c1-33(29,30)21-14-19(16-26-17-21)22-8-9-27-23-15-24(32-25(22)23)18-4-6-20(7-5-18)31-13-12-28-10-2-3-11-28/h4-9,14-17H,2-3,10-13H2,1H3. The van der Waals surface area contributed by atoms with E-state index < -0.39 is 9.84 Å². The number of nitrogens with zero attached hydrogens (tertiary/aromatic N) is 3. The van der Waals surface area contributed by atoms with Crippen LogP contribution in [0.4, 0.5) is 0 Å². The molecule has 0 N–H and O–H groups in total. The summed E-state index contributed by atoms with van der Waals surface area (Å²) in [5, 5.41) is 0. The maximum atomic E-state index is 11.9. The number of fused-ring (bicyclic) bond motifs is 1.